The van der Waals surface area contributed by atoms with Crippen molar-refractivity contribution in [1.29, 1.82) is 0 Å². The van der Waals surface area contributed by atoms with Gasteiger partial charge in [-0.25, -0.2) is 4.98 Å². The molecule has 8 heteroatoms. The summed E-state index contributed by atoms with van der Waals surface area (Å²) in [5.41, 5.74) is 4.57. The minimum atomic E-state index is -0.445. The lowest BCUT2D eigenvalue weighted by molar-refractivity contribution is -0.115. The molecule has 0 fully saturated rings. The SMILES string of the molecule is O=C(Nc1nc(-c2ccccc2)cs1)C(Sc1ccc(NC(=S)Nc2ccccc2)cc1)c1ccccc1. The Hall–Kier alpha value is -3.98. The van der Waals surface area contributed by atoms with Gasteiger partial charge < -0.3 is 16.0 Å². The van der Waals surface area contributed by atoms with Gasteiger partial charge in [0.15, 0.2) is 10.2 Å². The zero-order chi connectivity index (χ0) is 26.2. The second-order valence-corrected chi connectivity index (χ2v) is 10.7. The third kappa shape index (κ3) is 6.86. The van der Waals surface area contributed by atoms with Gasteiger partial charge in [-0.05, 0) is 54.2 Å². The summed E-state index contributed by atoms with van der Waals surface area (Å²) in [6, 6.07) is 37.4. The minimum absolute atomic E-state index is 0.120. The van der Waals surface area contributed by atoms with Crippen molar-refractivity contribution in [2.75, 3.05) is 16.0 Å². The van der Waals surface area contributed by atoms with Crippen LogP contribution in [0.5, 0.6) is 0 Å². The summed E-state index contributed by atoms with van der Waals surface area (Å²) < 4.78 is 0. The van der Waals surface area contributed by atoms with Gasteiger partial charge in [-0.3, -0.25) is 4.79 Å². The summed E-state index contributed by atoms with van der Waals surface area (Å²) in [5.74, 6) is -0.120. The van der Waals surface area contributed by atoms with Crippen LogP contribution in [0.1, 0.15) is 10.8 Å². The van der Waals surface area contributed by atoms with Crippen LogP contribution in [0.4, 0.5) is 16.5 Å². The number of hydrogen-bond donors (Lipinski definition) is 3. The molecule has 0 saturated heterocycles. The van der Waals surface area contributed by atoms with Crippen molar-refractivity contribution in [3.63, 3.8) is 0 Å². The molecule has 38 heavy (non-hydrogen) atoms. The van der Waals surface area contributed by atoms with Gasteiger partial charge in [-0.1, -0.05) is 78.9 Å². The molecule has 0 saturated carbocycles. The van der Waals surface area contributed by atoms with Crippen molar-refractivity contribution < 1.29 is 4.79 Å². The third-order valence-corrected chi connectivity index (χ3v) is 7.77. The highest BCUT2D eigenvalue weighted by atomic mass is 32.2. The van der Waals surface area contributed by atoms with E-state index in [0.717, 1.165) is 33.1 Å². The van der Waals surface area contributed by atoms with Crippen molar-refractivity contribution >= 4 is 62.8 Å². The second-order valence-electron chi connectivity index (χ2n) is 8.27. The molecule has 5 rings (SSSR count). The van der Waals surface area contributed by atoms with E-state index < -0.39 is 5.25 Å². The van der Waals surface area contributed by atoms with Gasteiger partial charge in [0.2, 0.25) is 5.91 Å². The normalized spacial score (nSPS) is 11.4. The molecule has 1 unspecified atom stereocenters. The molecule has 1 heterocycles. The van der Waals surface area contributed by atoms with Crippen LogP contribution in [-0.4, -0.2) is 16.0 Å². The molecule has 0 aliphatic heterocycles. The molecule has 3 N–H and O–H groups in total. The molecule has 0 bridgehead atoms. The van der Waals surface area contributed by atoms with Crippen LogP contribution in [0.25, 0.3) is 11.3 Å². The van der Waals surface area contributed by atoms with Gasteiger partial charge >= 0.3 is 0 Å². The van der Waals surface area contributed by atoms with E-state index in [1.165, 1.54) is 23.1 Å². The molecule has 5 nitrogen and oxygen atoms in total. The molecular formula is C30H24N4OS3. The maximum absolute atomic E-state index is 13.4. The number of nitrogens with one attached hydrogen (secondary N) is 3. The summed E-state index contributed by atoms with van der Waals surface area (Å²) in [4.78, 5) is 19.0. The molecule has 5 aromatic rings. The highest BCUT2D eigenvalue weighted by Gasteiger charge is 2.23. The molecule has 188 valence electrons. The van der Waals surface area contributed by atoms with Crippen LogP contribution < -0.4 is 16.0 Å². The maximum atomic E-state index is 13.4. The van der Waals surface area contributed by atoms with Gasteiger partial charge in [0.25, 0.3) is 0 Å². The van der Waals surface area contributed by atoms with E-state index in [1.807, 2.05) is 121 Å². The number of benzene rings is 4. The fraction of sp³-hybridized carbons (Fsp3) is 0.0333. The van der Waals surface area contributed by atoms with E-state index in [2.05, 4.69) is 20.9 Å². The first-order chi connectivity index (χ1) is 18.6. The van der Waals surface area contributed by atoms with Crippen LogP contribution in [0, 0.1) is 0 Å². The summed E-state index contributed by atoms with van der Waals surface area (Å²) in [7, 11) is 0. The van der Waals surface area contributed by atoms with E-state index in [4.69, 9.17) is 12.2 Å². The number of nitrogens with zero attached hydrogens (tertiary/aromatic N) is 1. The number of carbonyl (C=O) groups is 1. The summed E-state index contributed by atoms with van der Waals surface area (Å²) in [5, 5.41) is 12.0. The highest BCUT2D eigenvalue weighted by Crippen LogP contribution is 2.37. The van der Waals surface area contributed by atoms with Crippen molar-refractivity contribution in [2.45, 2.75) is 10.1 Å². The lowest BCUT2D eigenvalue weighted by atomic mass is 10.1. The van der Waals surface area contributed by atoms with Crippen molar-refractivity contribution in [3.8, 4) is 11.3 Å². The Morgan fingerprint density at radius 3 is 1.97 bits per heavy atom. The number of rotatable bonds is 8. The molecule has 0 aliphatic rings. The Bertz CT molecular complexity index is 1490. The first kappa shape index (κ1) is 25.7. The Labute approximate surface area is 235 Å². The van der Waals surface area contributed by atoms with Crippen molar-refractivity contribution in [1.82, 2.24) is 4.98 Å². The number of thiazole rings is 1. The van der Waals surface area contributed by atoms with Crippen LogP contribution in [0.15, 0.2) is 126 Å². The fourth-order valence-electron chi connectivity index (χ4n) is 3.71. The van der Waals surface area contributed by atoms with Crippen LogP contribution >= 0.6 is 35.3 Å². The fourth-order valence-corrected chi connectivity index (χ4v) is 5.70. The molecule has 0 spiro atoms. The maximum Gasteiger partial charge on any atom is 0.244 e. The van der Waals surface area contributed by atoms with Crippen molar-refractivity contribution in [3.05, 3.63) is 126 Å². The summed E-state index contributed by atoms with van der Waals surface area (Å²) in [6.07, 6.45) is 0. The minimum Gasteiger partial charge on any atom is -0.332 e. The van der Waals surface area contributed by atoms with E-state index >= 15 is 0 Å². The molecule has 1 aromatic heterocycles. The van der Waals surface area contributed by atoms with Gasteiger partial charge in [0.05, 0.1) is 5.69 Å². The monoisotopic (exact) mass is 552 g/mol. The lowest BCUT2D eigenvalue weighted by Crippen LogP contribution is -2.19. The summed E-state index contributed by atoms with van der Waals surface area (Å²) >= 11 is 8.34. The number of anilines is 3. The standard InChI is InChI=1S/C30H24N4OS3/c35-28(34-30-33-26(20-37-30)21-10-4-1-5-11-21)27(22-12-6-2-7-13-22)38-25-18-16-24(17-19-25)32-29(36)31-23-14-8-3-9-15-23/h1-20,27H,(H2,31,32,36)(H,33,34,35). The van der Waals surface area contributed by atoms with Gasteiger partial charge in [-0.15, -0.1) is 23.1 Å². The number of hydrogen-bond acceptors (Lipinski definition) is 5. The molecule has 0 aliphatic carbocycles. The number of thioether (sulfide) groups is 1. The van der Waals surface area contributed by atoms with Gasteiger partial charge in [-0.2, -0.15) is 0 Å². The molecule has 4 aromatic carbocycles. The van der Waals surface area contributed by atoms with Crippen molar-refractivity contribution in [2.24, 2.45) is 0 Å². The average Bonchev–Trinajstić information content (AvgIpc) is 3.42. The number of amides is 1. The number of thiocarbonyl (C=S) groups is 1. The average molecular weight is 553 g/mol. The quantitative estimate of drug-likeness (QED) is 0.134. The zero-order valence-electron chi connectivity index (χ0n) is 20.2. The highest BCUT2D eigenvalue weighted by molar-refractivity contribution is 8.00. The molecular weight excluding hydrogens is 529 g/mol. The zero-order valence-corrected chi connectivity index (χ0v) is 22.7. The number of para-hydroxylation sites is 1. The largest absolute Gasteiger partial charge is 0.332 e. The van der Waals surface area contributed by atoms with Crippen LogP contribution in [0.2, 0.25) is 0 Å². The Balaban J connectivity index is 1.26. The Morgan fingerprint density at radius 1 is 0.737 bits per heavy atom. The van der Waals surface area contributed by atoms with E-state index in [9.17, 15) is 4.79 Å². The van der Waals surface area contributed by atoms with E-state index in [0.29, 0.717) is 10.2 Å². The predicted octanol–water partition coefficient (Wildman–Crippen LogP) is 8.09. The lowest BCUT2D eigenvalue weighted by Gasteiger charge is -2.17. The first-order valence-electron chi connectivity index (χ1n) is 11.9. The third-order valence-electron chi connectivity index (χ3n) is 5.54. The van der Waals surface area contributed by atoms with Gasteiger partial charge in [0.1, 0.15) is 5.25 Å². The van der Waals surface area contributed by atoms with E-state index in [1.54, 1.807) is 0 Å². The molecule has 0 radical (unpaired) electrons. The molecule has 1 amide bonds. The van der Waals surface area contributed by atoms with Gasteiger partial charge in [0, 0.05) is 27.2 Å². The Morgan fingerprint density at radius 2 is 1.32 bits per heavy atom. The van der Waals surface area contributed by atoms with Crippen LogP contribution in [-0.2, 0) is 4.79 Å². The summed E-state index contributed by atoms with van der Waals surface area (Å²) in [6.45, 7) is 0. The topological polar surface area (TPSA) is 66.0 Å². The second kappa shape index (κ2) is 12.5. The number of carbonyl (C=O) groups excluding carboxylic acids is 1. The number of aromatic nitrogens is 1. The first-order valence-corrected chi connectivity index (χ1v) is 14.1. The smallest absolute Gasteiger partial charge is 0.244 e. The predicted molar refractivity (Wildman–Crippen MR) is 164 cm³/mol. The molecule has 1 atom stereocenters. The Kier molecular flexibility index (Phi) is 8.45. The van der Waals surface area contributed by atoms with E-state index in [-0.39, 0.29) is 5.91 Å². The van der Waals surface area contributed by atoms with Crippen LogP contribution in [0.3, 0.4) is 0 Å².